The number of nitrogens with zero attached hydrogens (tertiary/aromatic N) is 3. The van der Waals surface area contributed by atoms with Crippen LogP contribution in [0.25, 0.3) is 0 Å². The van der Waals surface area contributed by atoms with Gasteiger partial charge in [0.05, 0.1) is 12.1 Å². The van der Waals surface area contributed by atoms with Crippen molar-refractivity contribution in [1.29, 1.82) is 0 Å². The monoisotopic (exact) mass is 376 g/mol. The molecule has 2 N–H and O–H groups in total. The molecule has 1 aromatic carbocycles. The summed E-state index contributed by atoms with van der Waals surface area (Å²) < 4.78 is 0. The molecule has 7 nitrogen and oxygen atoms in total. The summed E-state index contributed by atoms with van der Waals surface area (Å²) in [5.74, 6) is -0.0893. The molecule has 0 aliphatic heterocycles. The van der Waals surface area contributed by atoms with Gasteiger partial charge >= 0.3 is 5.97 Å². The van der Waals surface area contributed by atoms with E-state index in [1.807, 2.05) is 42.5 Å². The molecule has 0 amide bonds. The van der Waals surface area contributed by atoms with Crippen molar-refractivity contribution in [3.05, 3.63) is 94.3 Å². The van der Waals surface area contributed by atoms with Gasteiger partial charge in [-0.1, -0.05) is 41.6 Å². The Morgan fingerprint density at radius 3 is 2.57 bits per heavy atom. The van der Waals surface area contributed by atoms with Crippen molar-refractivity contribution in [3.63, 3.8) is 0 Å². The average Bonchev–Trinajstić information content (AvgIpc) is 2.73. The molecule has 2 aromatic heterocycles. The van der Waals surface area contributed by atoms with Gasteiger partial charge in [0.1, 0.15) is 5.82 Å². The highest BCUT2D eigenvalue weighted by atomic mass is 16.4. The summed E-state index contributed by atoms with van der Waals surface area (Å²) in [6.45, 7) is 0.611. The number of aromatic nitrogens is 2. The lowest BCUT2D eigenvalue weighted by atomic mass is 10.0. The maximum absolute atomic E-state index is 11.5. The molecular weight excluding hydrogens is 356 g/mol. The molecule has 1 unspecified atom stereocenters. The summed E-state index contributed by atoms with van der Waals surface area (Å²) in [5, 5.41) is 15.3. The maximum Gasteiger partial charge on any atom is 0.303 e. The van der Waals surface area contributed by atoms with Gasteiger partial charge in [0.25, 0.3) is 0 Å². The Morgan fingerprint density at radius 2 is 1.89 bits per heavy atom. The number of pyridine rings is 2. The van der Waals surface area contributed by atoms with E-state index in [4.69, 9.17) is 5.11 Å². The largest absolute Gasteiger partial charge is 0.481 e. The lowest BCUT2D eigenvalue weighted by Gasteiger charge is -2.12. The molecule has 0 fully saturated rings. The molecule has 0 bridgehead atoms. The Hall–Kier alpha value is -3.61. The molecule has 0 aliphatic rings. The SMILES string of the molecule is O=NC(c1ccc(CNc2ccccn2)cc1)c1cccc(CCC(=O)O)n1. The van der Waals surface area contributed by atoms with Crippen LogP contribution in [0, 0.1) is 4.91 Å². The highest BCUT2D eigenvalue weighted by Crippen LogP contribution is 2.25. The van der Waals surface area contributed by atoms with E-state index in [0.29, 0.717) is 24.4 Å². The van der Waals surface area contributed by atoms with Crippen molar-refractivity contribution < 1.29 is 9.90 Å². The fourth-order valence-corrected chi connectivity index (χ4v) is 2.79. The van der Waals surface area contributed by atoms with Crippen molar-refractivity contribution in [2.24, 2.45) is 5.18 Å². The Labute approximate surface area is 162 Å². The highest BCUT2D eigenvalue weighted by molar-refractivity contribution is 5.66. The number of hydrogen-bond acceptors (Lipinski definition) is 6. The number of aliphatic carboxylic acids is 1. The zero-order chi connectivity index (χ0) is 19.8. The first-order chi connectivity index (χ1) is 13.7. The summed E-state index contributed by atoms with van der Waals surface area (Å²) in [4.78, 5) is 30.8. The Bertz CT molecular complexity index is 930. The van der Waals surface area contributed by atoms with Crippen LogP contribution in [0.2, 0.25) is 0 Å². The van der Waals surface area contributed by atoms with Crippen molar-refractivity contribution in [2.45, 2.75) is 25.4 Å². The minimum atomic E-state index is -0.882. The number of aryl methyl sites for hydroxylation is 1. The van der Waals surface area contributed by atoms with Gasteiger partial charge in [-0.25, -0.2) is 4.98 Å². The summed E-state index contributed by atoms with van der Waals surface area (Å²) in [7, 11) is 0. The summed E-state index contributed by atoms with van der Waals surface area (Å²) in [6, 6.07) is 17.7. The number of hydrogen-bond donors (Lipinski definition) is 2. The molecule has 142 valence electrons. The summed E-state index contributed by atoms with van der Waals surface area (Å²) >= 11 is 0. The lowest BCUT2D eigenvalue weighted by Crippen LogP contribution is -2.05. The first-order valence-corrected chi connectivity index (χ1v) is 8.89. The molecule has 28 heavy (non-hydrogen) atoms. The van der Waals surface area contributed by atoms with Gasteiger partial charge in [0.2, 0.25) is 0 Å². The average molecular weight is 376 g/mol. The Kier molecular flexibility index (Phi) is 6.41. The van der Waals surface area contributed by atoms with E-state index in [9.17, 15) is 9.70 Å². The Morgan fingerprint density at radius 1 is 1.07 bits per heavy atom. The number of nitrogens with one attached hydrogen (secondary N) is 1. The number of benzene rings is 1. The van der Waals surface area contributed by atoms with Crippen LogP contribution in [0.3, 0.4) is 0 Å². The van der Waals surface area contributed by atoms with E-state index in [-0.39, 0.29) is 6.42 Å². The van der Waals surface area contributed by atoms with Crippen LogP contribution >= 0.6 is 0 Å². The molecule has 3 rings (SSSR count). The standard InChI is InChI=1S/C21H20N4O3/c26-20(27)12-11-17-4-3-5-18(24-17)21(25-28)16-9-7-15(8-10-16)14-23-19-6-1-2-13-22-19/h1-10,13,21H,11-12,14H2,(H,22,23)(H,26,27). The predicted molar refractivity (Wildman–Crippen MR) is 106 cm³/mol. The molecule has 0 saturated heterocycles. The second-order valence-electron chi connectivity index (χ2n) is 6.27. The zero-order valence-corrected chi connectivity index (χ0v) is 15.2. The van der Waals surface area contributed by atoms with Crippen LogP contribution in [0.15, 0.2) is 72.0 Å². The fraction of sp³-hybridized carbons (Fsp3) is 0.190. The maximum atomic E-state index is 11.5. The third-order valence-corrected chi connectivity index (χ3v) is 4.24. The van der Waals surface area contributed by atoms with Gasteiger partial charge in [-0.3, -0.25) is 9.78 Å². The third kappa shape index (κ3) is 5.20. The number of nitroso groups, excluding NO2 is 1. The van der Waals surface area contributed by atoms with Crippen LogP contribution in [0.5, 0.6) is 0 Å². The minimum Gasteiger partial charge on any atom is -0.481 e. The van der Waals surface area contributed by atoms with Crippen LogP contribution in [0.1, 0.15) is 35.0 Å². The topological polar surface area (TPSA) is 105 Å². The van der Waals surface area contributed by atoms with E-state index in [1.54, 1.807) is 24.4 Å². The zero-order valence-electron chi connectivity index (χ0n) is 15.2. The molecular formula is C21H20N4O3. The second kappa shape index (κ2) is 9.36. The smallest absolute Gasteiger partial charge is 0.303 e. The molecule has 0 saturated carbocycles. The number of carbonyl (C=O) groups is 1. The number of rotatable bonds is 9. The first-order valence-electron chi connectivity index (χ1n) is 8.89. The van der Waals surface area contributed by atoms with Crippen LogP contribution in [-0.4, -0.2) is 21.0 Å². The van der Waals surface area contributed by atoms with Gasteiger partial charge in [-0.15, -0.1) is 4.91 Å². The second-order valence-corrected chi connectivity index (χ2v) is 6.27. The lowest BCUT2D eigenvalue weighted by molar-refractivity contribution is -0.136. The molecule has 0 radical (unpaired) electrons. The van der Waals surface area contributed by atoms with Gasteiger partial charge < -0.3 is 10.4 Å². The minimum absolute atomic E-state index is 0.00634. The van der Waals surface area contributed by atoms with E-state index in [0.717, 1.165) is 16.9 Å². The van der Waals surface area contributed by atoms with Crippen molar-refractivity contribution in [1.82, 2.24) is 9.97 Å². The van der Waals surface area contributed by atoms with Gasteiger partial charge in [-0.2, -0.15) is 0 Å². The van der Waals surface area contributed by atoms with Crippen molar-refractivity contribution in [2.75, 3.05) is 5.32 Å². The molecule has 3 aromatic rings. The summed E-state index contributed by atoms with van der Waals surface area (Å²) in [6.07, 6.45) is 2.03. The quantitative estimate of drug-likeness (QED) is 0.548. The van der Waals surface area contributed by atoms with Crippen molar-refractivity contribution >= 4 is 11.8 Å². The van der Waals surface area contributed by atoms with Gasteiger partial charge in [-0.05, 0) is 35.4 Å². The molecule has 7 heteroatoms. The fourth-order valence-electron chi connectivity index (χ4n) is 2.79. The molecule has 2 heterocycles. The normalized spacial score (nSPS) is 11.6. The van der Waals surface area contributed by atoms with Gasteiger partial charge in [0.15, 0.2) is 6.04 Å². The van der Waals surface area contributed by atoms with E-state index < -0.39 is 12.0 Å². The molecule has 0 spiro atoms. The number of carboxylic acids is 1. The first kappa shape index (κ1) is 19.2. The summed E-state index contributed by atoms with van der Waals surface area (Å²) in [5.41, 5.74) is 2.92. The molecule has 0 aliphatic carbocycles. The van der Waals surface area contributed by atoms with E-state index >= 15 is 0 Å². The van der Waals surface area contributed by atoms with E-state index in [1.165, 1.54) is 0 Å². The third-order valence-electron chi connectivity index (χ3n) is 4.24. The predicted octanol–water partition coefficient (Wildman–Crippen LogP) is 3.96. The van der Waals surface area contributed by atoms with Crippen molar-refractivity contribution in [3.8, 4) is 0 Å². The molecule has 1 atom stereocenters. The van der Waals surface area contributed by atoms with Crippen LogP contribution < -0.4 is 5.32 Å². The number of anilines is 1. The van der Waals surface area contributed by atoms with E-state index in [2.05, 4.69) is 20.5 Å². The van der Waals surface area contributed by atoms with Crippen LogP contribution in [0.4, 0.5) is 5.82 Å². The highest BCUT2D eigenvalue weighted by Gasteiger charge is 2.17. The Balaban J connectivity index is 1.69. The van der Waals surface area contributed by atoms with Gasteiger partial charge in [0, 0.05) is 24.9 Å². The number of carboxylic acid groups (broad SMARTS) is 1. The van der Waals surface area contributed by atoms with Crippen LogP contribution in [-0.2, 0) is 17.8 Å².